The van der Waals surface area contributed by atoms with E-state index in [0.29, 0.717) is 17.1 Å². The molecule has 0 bridgehead atoms. The van der Waals surface area contributed by atoms with Crippen LogP contribution in [0.5, 0.6) is 11.5 Å². The van der Waals surface area contributed by atoms with Crippen LogP contribution in [0, 0.1) is 12.7 Å². The van der Waals surface area contributed by atoms with Gasteiger partial charge in [-0.2, -0.15) is 0 Å². The molecule has 0 saturated carbocycles. The smallest absolute Gasteiger partial charge is 0.333 e. The van der Waals surface area contributed by atoms with Crippen molar-refractivity contribution in [3.05, 3.63) is 58.9 Å². The Bertz CT molecular complexity index is 835. The lowest BCUT2D eigenvalue weighted by Gasteiger charge is -2.27. The number of aryl methyl sites for hydroxylation is 1. The summed E-state index contributed by atoms with van der Waals surface area (Å²) in [5.74, 6) is -1.56. The number of carbonyl (C=O) groups is 2. The number of carboxylic acids is 1. The van der Waals surface area contributed by atoms with Gasteiger partial charge >= 0.3 is 5.97 Å². The van der Waals surface area contributed by atoms with E-state index >= 15 is 0 Å². The maximum Gasteiger partial charge on any atom is 0.333 e. The van der Waals surface area contributed by atoms with E-state index in [-0.39, 0.29) is 11.1 Å². The number of aliphatic carboxylic acids is 1. The van der Waals surface area contributed by atoms with Gasteiger partial charge in [0, 0.05) is 5.56 Å². The van der Waals surface area contributed by atoms with Crippen LogP contribution in [0.25, 0.3) is 0 Å². The van der Waals surface area contributed by atoms with Gasteiger partial charge in [-0.25, -0.2) is 9.18 Å². The number of hydrogen-bond acceptors (Lipinski definition) is 4. The largest absolute Gasteiger partial charge is 0.493 e. The van der Waals surface area contributed by atoms with E-state index < -0.39 is 23.2 Å². The average Bonchev–Trinajstić information content (AvgIpc) is 2.61. The second kappa shape index (κ2) is 7.43. The summed E-state index contributed by atoms with van der Waals surface area (Å²) in [5, 5.41) is 12.2. The third kappa shape index (κ3) is 3.61. The lowest BCUT2D eigenvalue weighted by Crippen LogP contribution is -2.49. The molecule has 0 radical (unpaired) electrons. The van der Waals surface area contributed by atoms with Crippen molar-refractivity contribution in [1.82, 2.24) is 5.32 Å². The molecule has 1 atom stereocenters. The van der Waals surface area contributed by atoms with E-state index in [2.05, 4.69) is 5.32 Å². The minimum Gasteiger partial charge on any atom is -0.493 e. The number of hydrogen-bond donors (Lipinski definition) is 2. The summed E-state index contributed by atoms with van der Waals surface area (Å²) in [5.41, 5.74) is -0.646. The Morgan fingerprint density at radius 1 is 1.08 bits per heavy atom. The van der Waals surface area contributed by atoms with Gasteiger partial charge in [-0.05, 0) is 49.2 Å². The van der Waals surface area contributed by atoms with Crippen LogP contribution in [0.4, 0.5) is 4.39 Å². The maximum atomic E-state index is 13.2. The molecule has 0 aliphatic rings. The number of amides is 1. The number of carbonyl (C=O) groups excluding carboxylic acids is 1. The van der Waals surface area contributed by atoms with Crippen molar-refractivity contribution in [2.45, 2.75) is 19.4 Å². The van der Waals surface area contributed by atoms with Crippen molar-refractivity contribution < 1.29 is 28.6 Å². The molecule has 0 saturated heterocycles. The second-order valence-electron chi connectivity index (χ2n) is 5.91. The molecule has 7 heteroatoms. The summed E-state index contributed by atoms with van der Waals surface area (Å²) in [7, 11) is 2.92. The number of rotatable bonds is 6. The normalized spacial score (nSPS) is 12.8. The summed E-state index contributed by atoms with van der Waals surface area (Å²) in [6.07, 6.45) is 0. The van der Waals surface area contributed by atoms with Gasteiger partial charge in [0.25, 0.3) is 5.91 Å². The maximum absolute atomic E-state index is 13.2. The highest BCUT2D eigenvalue weighted by Crippen LogP contribution is 2.31. The number of ether oxygens (including phenoxy) is 2. The Morgan fingerprint density at radius 2 is 1.62 bits per heavy atom. The van der Waals surface area contributed by atoms with Crippen LogP contribution < -0.4 is 14.8 Å². The van der Waals surface area contributed by atoms with Crippen LogP contribution in [0.15, 0.2) is 36.4 Å². The first-order chi connectivity index (χ1) is 12.2. The summed E-state index contributed by atoms with van der Waals surface area (Å²) in [6, 6.07) is 8.05. The van der Waals surface area contributed by atoms with Crippen molar-refractivity contribution in [2.24, 2.45) is 0 Å². The first-order valence-corrected chi connectivity index (χ1v) is 7.77. The molecular weight excluding hydrogens is 341 g/mol. The molecule has 0 heterocycles. The molecule has 6 nitrogen and oxygen atoms in total. The van der Waals surface area contributed by atoms with Crippen LogP contribution in [0.3, 0.4) is 0 Å². The number of benzene rings is 2. The van der Waals surface area contributed by atoms with Crippen molar-refractivity contribution >= 4 is 11.9 Å². The van der Waals surface area contributed by atoms with E-state index in [9.17, 15) is 19.1 Å². The van der Waals surface area contributed by atoms with E-state index in [1.54, 1.807) is 13.0 Å². The minimum absolute atomic E-state index is 0.247. The average molecular weight is 361 g/mol. The lowest BCUT2D eigenvalue weighted by atomic mass is 9.91. The fourth-order valence-electron chi connectivity index (χ4n) is 2.55. The van der Waals surface area contributed by atoms with Gasteiger partial charge in [-0.1, -0.05) is 12.1 Å². The predicted octanol–water partition coefficient (Wildman–Crippen LogP) is 2.88. The van der Waals surface area contributed by atoms with Crippen LogP contribution in [-0.4, -0.2) is 31.2 Å². The monoisotopic (exact) mass is 361 g/mol. The highest BCUT2D eigenvalue weighted by Gasteiger charge is 2.37. The topological polar surface area (TPSA) is 84.9 Å². The summed E-state index contributed by atoms with van der Waals surface area (Å²) in [6.45, 7) is 3.05. The summed E-state index contributed by atoms with van der Waals surface area (Å²) in [4.78, 5) is 24.6. The number of methoxy groups -OCH3 is 2. The second-order valence-corrected chi connectivity index (χ2v) is 5.91. The molecule has 0 aliphatic heterocycles. The Labute approximate surface area is 150 Å². The molecule has 26 heavy (non-hydrogen) atoms. The van der Waals surface area contributed by atoms with Crippen molar-refractivity contribution in [3.63, 3.8) is 0 Å². The summed E-state index contributed by atoms with van der Waals surface area (Å²) >= 11 is 0. The van der Waals surface area contributed by atoms with Gasteiger partial charge in [-0.3, -0.25) is 4.79 Å². The Kier molecular flexibility index (Phi) is 5.50. The first kappa shape index (κ1) is 19.2. The fraction of sp³-hybridized carbons (Fsp3) is 0.263. The highest BCUT2D eigenvalue weighted by atomic mass is 19.1. The van der Waals surface area contributed by atoms with E-state index in [1.807, 2.05) is 0 Å². The van der Waals surface area contributed by atoms with E-state index in [1.165, 1.54) is 39.3 Å². The lowest BCUT2D eigenvalue weighted by molar-refractivity contribution is -0.144. The zero-order chi connectivity index (χ0) is 19.5. The standard InChI is InChI=1S/C19H20FNO5/c1-11-9-15(25-3)16(26-4)10-14(11)17(22)21-19(2,18(23)24)12-5-7-13(20)8-6-12/h5-10H,1-4H3,(H,21,22)(H,23,24). The molecule has 2 aromatic rings. The molecule has 0 aliphatic carbocycles. The van der Waals surface area contributed by atoms with Gasteiger partial charge in [0.1, 0.15) is 5.82 Å². The molecule has 0 aromatic heterocycles. The Hall–Kier alpha value is -3.09. The van der Waals surface area contributed by atoms with Crippen LogP contribution in [0.2, 0.25) is 0 Å². The molecule has 2 rings (SSSR count). The molecule has 0 fully saturated rings. The third-order valence-corrected chi connectivity index (χ3v) is 4.19. The number of halogens is 1. The molecule has 2 aromatic carbocycles. The van der Waals surface area contributed by atoms with E-state index in [0.717, 1.165) is 12.1 Å². The van der Waals surface area contributed by atoms with Gasteiger partial charge in [0.15, 0.2) is 17.0 Å². The van der Waals surface area contributed by atoms with Gasteiger partial charge in [0.05, 0.1) is 14.2 Å². The minimum atomic E-state index is -1.73. The number of nitrogens with one attached hydrogen (secondary N) is 1. The van der Waals surface area contributed by atoms with Gasteiger partial charge in [-0.15, -0.1) is 0 Å². The highest BCUT2D eigenvalue weighted by molar-refractivity contribution is 5.99. The zero-order valence-electron chi connectivity index (χ0n) is 14.9. The van der Waals surface area contributed by atoms with Gasteiger partial charge in [0.2, 0.25) is 0 Å². The SMILES string of the molecule is COc1cc(C)c(C(=O)NC(C)(C(=O)O)c2ccc(F)cc2)cc1OC. The Morgan fingerprint density at radius 3 is 2.12 bits per heavy atom. The van der Waals surface area contributed by atoms with Crippen LogP contribution in [-0.2, 0) is 10.3 Å². The molecule has 1 unspecified atom stereocenters. The number of carboxylic acid groups (broad SMARTS) is 1. The quantitative estimate of drug-likeness (QED) is 0.826. The third-order valence-electron chi connectivity index (χ3n) is 4.19. The zero-order valence-corrected chi connectivity index (χ0v) is 14.9. The molecular formula is C19H20FNO5. The molecule has 1 amide bonds. The summed E-state index contributed by atoms with van der Waals surface area (Å²) < 4.78 is 23.5. The van der Waals surface area contributed by atoms with Crippen molar-refractivity contribution in [3.8, 4) is 11.5 Å². The first-order valence-electron chi connectivity index (χ1n) is 7.77. The van der Waals surface area contributed by atoms with E-state index in [4.69, 9.17) is 9.47 Å². The van der Waals surface area contributed by atoms with Crippen LogP contribution >= 0.6 is 0 Å². The fourth-order valence-corrected chi connectivity index (χ4v) is 2.55. The Balaban J connectivity index is 2.42. The van der Waals surface area contributed by atoms with Crippen LogP contribution in [0.1, 0.15) is 28.4 Å². The van der Waals surface area contributed by atoms with Crippen molar-refractivity contribution in [2.75, 3.05) is 14.2 Å². The predicted molar refractivity (Wildman–Crippen MR) is 93.1 cm³/mol. The molecule has 2 N–H and O–H groups in total. The van der Waals surface area contributed by atoms with Gasteiger partial charge < -0.3 is 19.9 Å². The molecule has 0 spiro atoms. The van der Waals surface area contributed by atoms with Crippen molar-refractivity contribution in [1.29, 1.82) is 0 Å². The molecule has 138 valence electrons.